The molecular formula is C15H23NO. The van der Waals surface area contributed by atoms with E-state index in [1.165, 1.54) is 12.8 Å². The number of rotatable bonds is 2. The van der Waals surface area contributed by atoms with Crippen LogP contribution in [-0.4, -0.2) is 17.7 Å². The molecule has 2 N–H and O–H groups in total. The first kappa shape index (κ1) is 12.4. The van der Waals surface area contributed by atoms with Crippen molar-refractivity contribution in [3.8, 4) is 5.75 Å². The quantitative estimate of drug-likeness (QED) is 0.823. The molecule has 2 nitrogen and oxygen atoms in total. The SMILES string of the molecule is CC(C)(C)c1cccc(CC2CCCN2)c1O. The monoisotopic (exact) mass is 233 g/mol. The van der Waals surface area contributed by atoms with Gasteiger partial charge in [-0.25, -0.2) is 0 Å². The Morgan fingerprint density at radius 3 is 2.71 bits per heavy atom. The van der Waals surface area contributed by atoms with Gasteiger partial charge in [-0.3, -0.25) is 0 Å². The summed E-state index contributed by atoms with van der Waals surface area (Å²) in [4.78, 5) is 0. The van der Waals surface area contributed by atoms with Gasteiger partial charge in [-0.2, -0.15) is 0 Å². The first-order valence-electron chi connectivity index (χ1n) is 6.53. The summed E-state index contributed by atoms with van der Waals surface area (Å²) in [5.74, 6) is 0.494. The highest BCUT2D eigenvalue weighted by atomic mass is 16.3. The summed E-state index contributed by atoms with van der Waals surface area (Å²) >= 11 is 0. The van der Waals surface area contributed by atoms with Crippen LogP contribution in [0.15, 0.2) is 18.2 Å². The van der Waals surface area contributed by atoms with Gasteiger partial charge in [0.2, 0.25) is 0 Å². The van der Waals surface area contributed by atoms with E-state index in [0.29, 0.717) is 11.8 Å². The number of para-hydroxylation sites is 1. The molecule has 1 aliphatic rings. The first-order valence-corrected chi connectivity index (χ1v) is 6.53. The third kappa shape index (κ3) is 2.81. The lowest BCUT2D eigenvalue weighted by Crippen LogP contribution is -2.24. The highest BCUT2D eigenvalue weighted by Crippen LogP contribution is 2.33. The van der Waals surface area contributed by atoms with Gasteiger partial charge in [0.1, 0.15) is 5.75 Å². The van der Waals surface area contributed by atoms with E-state index in [1.807, 2.05) is 12.1 Å². The Labute approximate surface area is 104 Å². The summed E-state index contributed by atoms with van der Waals surface area (Å²) < 4.78 is 0. The van der Waals surface area contributed by atoms with Crippen molar-refractivity contribution in [3.63, 3.8) is 0 Å². The number of hydrogen-bond acceptors (Lipinski definition) is 2. The number of benzene rings is 1. The number of phenols is 1. The summed E-state index contributed by atoms with van der Waals surface area (Å²) in [5.41, 5.74) is 2.13. The van der Waals surface area contributed by atoms with Crippen molar-refractivity contribution in [2.24, 2.45) is 0 Å². The molecule has 0 radical (unpaired) electrons. The van der Waals surface area contributed by atoms with Crippen molar-refractivity contribution in [1.29, 1.82) is 0 Å². The summed E-state index contributed by atoms with van der Waals surface area (Å²) in [6, 6.07) is 6.67. The molecule has 1 atom stereocenters. The minimum absolute atomic E-state index is 0.00317. The van der Waals surface area contributed by atoms with E-state index in [2.05, 4.69) is 32.2 Å². The summed E-state index contributed by atoms with van der Waals surface area (Å²) in [7, 11) is 0. The van der Waals surface area contributed by atoms with Crippen LogP contribution in [0, 0.1) is 0 Å². The van der Waals surface area contributed by atoms with Crippen molar-refractivity contribution in [1.82, 2.24) is 5.32 Å². The zero-order chi connectivity index (χ0) is 12.5. The molecule has 1 aromatic carbocycles. The van der Waals surface area contributed by atoms with Gasteiger partial charge < -0.3 is 10.4 Å². The van der Waals surface area contributed by atoms with Gasteiger partial charge >= 0.3 is 0 Å². The van der Waals surface area contributed by atoms with Crippen molar-refractivity contribution in [3.05, 3.63) is 29.3 Å². The van der Waals surface area contributed by atoms with Crippen LogP contribution in [0.4, 0.5) is 0 Å². The Kier molecular flexibility index (Phi) is 3.43. The summed E-state index contributed by atoms with van der Waals surface area (Å²) in [6.07, 6.45) is 3.42. The molecule has 17 heavy (non-hydrogen) atoms. The molecular weight excluding hydrogens is 210 g/mol. The van der Waals surface area contributed by atoms with E-state index in [4.69, 9.17) is 0 Å². The van der Waals surface area contributed by atoms with E-state index in [0.717, 1.165) is 24.1 Å². The van der Waals surface area contributed by atoms with Gasteiger partial charge in [-0.1, -0.05) is 39.0 Å². The summed E-state index contributed by atoms with van der Waals surface area (Å²) in [6.45, 7) is 7.53. The predicted octanol–water partition coefficient (Wildman–Crippen LogP) is 2.98. The Hall–Kier alpha value is -1.02. The van der Waals surface area contributed by atoms with E-state index < -0.39 is 0 Å². The molecule has 0 aliphatic carbocycles. The molecule has 0 saturated carbocycles. The fourth-order valence-electron chi connectivity index (χ4n) is 2.56. The van der Waals surface area contributed by atoms with Crippen LogP contribution >= 0.6 is 0 Å². The fraction of sp³-hybridized carbons (Fsp3) is 0.600. The molecule has 1 heterocycles. The third-order valence-corrected chi connectivity index (χ3v) is 3.56. The fourth-order valence-corrected chi connectivity index (χ4v) is 2.56. The predicted molar refractivity (Wildman–Crippen MR) is 71.5 cm³/mol. The van der Waals surface area contributed by atoms with Gasteiger partial charge in [0.05, 0.1) is 0 Å². The molecule has 94 valence electrons. The number of nitrogens with one attached hydrogen (secondary N) is 1. The molecule has 1 aromatic rings. The van der Waals surface area contributed by atoms with E-state index in [9.17, 15) is 5.11 Å². The van der Waals surface area contributed by atoms with Crippen LogP contribution in [0.25, 0.3) is 0 Å². The molecule has 2 rings (SSSR count). The lowest BCUT2D eigenvalue weighted by atomic mass is 9.84. The van der Waals surface area contributed by atoms with Gasteiger partial charge in [0.15, 0.2) is 0 Å². The molecule has 1 saturated heterocycles. The molecule has 0 aromatic heterocycles. The normalized spacial score (nSPS) is 20.8. The second-order valence-corrected chi connectivity index (χ2v) is 6.06. The van der Waals surface area contributed by atoms with Crippen LogP contribution in [0.5, 0.6) is 5.75 Å². The number of aromatic hydroxyl groups is 1. The van der Waals surface area contributed by atoms with Gasteiger partial charge in [0.25, 0.3) is 0 Å². The van der Waals surface area contributed by atoms with Gasteiger partial charge in [-0.15, -0.1) is 0 Å². The van der Waals surface area contributed by atoms with Crippen molar-refractivity contribution >= 4 is 0 Å². The highest BCUT2D eigenvalue weighted by Gasteiger charge is 2.22. The van der Waals surface area contributed by atoms with Crippen LogP contribution < -0.4 is 5.32 Å². The second kappa shape index (κ2) is 4.69. The molecule has 1 fully saturated rings. The lowest BCUT2D eigenvalue weighted by Gasteiger charge is -2.22. The Morgan fingerprint density at radius 1 is 1.35 bits per heavy atom. The van der Waals surface area contributed by atoms with Crippen molar-refractivity contribution in [2.75, 3.05) is 6.54 Å². The van der Waals surface area contributed by atoms with Gasteiger partial charge in [-0.05, 0) is 42.3 Å². The maximum atomic E-state index is 10.4. The molecule has 1 unspecified atom stereocenters. The molecule has 1 aliphatic heterocycles. The molecule has 2 heteroatoms. The Balaban J connectivity index is 2.22. The minimum atomic E-state index is 0.00317. The lowest BCUT2D eigenvalue weighted by molar-refractivity contribution is 0.436. The Morgan fingerprint density at radius 2 is 2.12 bits per heavy atom. The first-order chi connectivity index (χ1) is 7.98. The summed E-state index contributed by atoms with van der Waals surface area (Å²) in [5, 5.41) is 13.8. The Bertz CT molecular complexity index is 386. The average molecular weight is 233 g/mol. The number of hydrogen-bond donors (Lipinski definition) is 2. The maximum Gasteiger partial charge on any atom is 0.122 e. The zero-order valence-corrected chi connectivity index (χ0v) is 11.1. The van der Waals surface area contributed by atoms with E-state index in [-0.39, 0.29) is 5.41 Å². The van der Waals surface area contributed by atoms with Gasteiger partial charge in [0, 0.05) is 6.04 Å². The van der Waals surface area contributed by atoms with E-state index >= 15 is 0 Å². The molecule has 0 bridgehead atoms. The molecule has 0 spiro atoms. The standard InChI is InChI=1S/C15H23NO/c1-15(2,3)13-8-4-6-11(14(13)17)10-12-7-5-9-16-12/h4,6,8,12,16-17H,5,7,9-10H2,1-3H3. The smallest absolute Gasteiger partial charge is 0.122 e. The van der Waals surface area contributed by atoms with Crippen LogP contribution in [0.2, 0.25) is 0 Å². The van der Waals surface area contributed by atoms with Crippen LogP contribution in [0.3, 0.4) is 0 Å². The highest BCUT2D eigenvalue weighted by molar-refractivity contribution is 5.44. The van der Waals surface area contributed by atoms with Crippen molar-refractivity contribution < 1.29 is 5.11 Å². The maximum absolute atomic E-state index is 10.4. The van der Waals surface area contributed by atoms with E-state index in [1.54, 1.807) is 0 Å². The third-order valence-electron chi connectivity index (χ3n) is 3.56. The largest absolute Gasteiger partial charge is 0.507 e. The van der Waals surface area contributed by atoms with Crippen molar-refractivity contribution in [2.45, 2.75) is 51.5 Å². The van der Waals surface area contributed by atoms with Crippen LogP contribution in [-0.2, 0) is 11.8 Å². The zero-order valence-electron chi connectivity index (χ0n) is 11.1. The topological polar surface area (TPSA) is 32.3 Å². The van der Waals surface area contributed by atoms with Crippen LogP contribution in [0.1, 0.15) is 44.7 Å². The molecule has 0 amide bonds. The second-order valence-electron chi connectivity index (χ2n) is 6.06. The minimum Gasteiger partial charge on any atom is -0.507 e. The average Bonchev–Trinajstić information content (AvgIpc) is 2.72. The number of phenolic OH excluding ortho intramolecular Hbond substituents is 1.